The number of hydrogen-bond acceptors (Lipinski definition) is 8. The first-order chi connectivity index (χ1) is 13.7. The SMILES string of the molecule is Cn1nc(Br)c2c(N3CCOC[C@@H]3c3nnc(-c4ccccc4)o3)ncnc21. The molecule has 4 aromatic rings. The fraction of sp³-hybridized carbons (Fsp3) is 0.278. The molecule has 0 saturated carbocycles. The van der Waals surface area contributed by atoms with E-state index in [0.29, 0.717) is 36.1 Å². The van der Waals surface area contributed by atoms with Crippen LogP contribution < -0.4 is 4.90 Å². The van der Waals surface area contributed by atoms with Crippen molar-refractivity contribution in [2.24, 2.45) is 7.05 Å². The van der Waals surface area contributed by atoms with E-state index in [0.717, 1.165) is 22.4 Å². The number of morpholine rings is 1. The zero-order chi connectivity index (χ0) is 19.1. The van der Waals surface area contributed by atoms with Crippen molar-refractivity contribution in [1.29, 1.82) is 0 Å². The van der Waals surface area contributed by atoms with Gasteiger partial charge in [-0.1, -0.05) is 18.2 Å². The highest BCUT2D eigenvalue weighted by Gasteiger charge is 2.32. The Kier molecular flexibility index (Phi) is 4.29. The lowest BCUT2D eigenvalue weighted by atomic mass is 10.2. The second kappa shape index (κ2) is 6.95. The summed E-state index contributed by atoms with van der Waals surface area (Å²) in [7, 11) is 1.85. The number of aromatic nitrogens is 6. The highest BCUT2D eigenvalue weighted by molar-refractivity contribution is 9.10. The maximum atomic E-state index is 5.99. The number of rotatable bonds is 3. The average Bonchev–Trinajstić information content (AvgIpc) is 3.34. The fourth-order valence-electron chi connectivity index (χ4n) is 3.37. The van der Waals surface area contributed by atoms with Crippen molar-refractivity contribution in [3.63, 3.8) is 0 Å². The Balaban J connectivity index is 1.56. The van der Waals surface area contributed by atoms with Crippen molar-refractivity contribution in [2.45, 2.75) is 6.04 Å². The van der Waals surface area contributed by atoms with Gasteiger partial charge >= 0.3 is 0 Å². The summed E-state index contributed by atoms with van der Waals surface area (Å²) in [6.45, 7) is 1.65. The number of aryl methyl sites for hydroxylation is 1. The van der Waals surface area contributed by atoms with Gasteiger partial charge in [0.05, 0.1) is 18.6 Å². The summed E-state index contributed by atoms with van der Waals surface area (Å²) in [5.74, 6) is 1.74. The minimum atomic E-state index is -0.246. The molecule has 10 heteroatoms. The van der Waals surface area contributed by atoms with Gasteiger partial charge in [0.15, 0.2) is 5.65 Å². The minimum Gasteiger partial charge on any atom is -0.418 e. The fourth-order valence-corrected chi connectivity index (χ4v) is 3.96. The molecular formula is C18H16BrN7O2. The van der Waals surface area contributed by atoms with Gasteiger partial charge in [-0.15, -0.1) is 10.2 Å². The van der Waals surface area contributed by atoms with E-state index in [-0.39, 0.29) is 6.04 Å². The number of ether oxygens (including phenoxy) is 1. The second-order valence-corrected chi connectivity index (χ2v) is 7.16. The molecule has 0 radical (unpaired) electrons. The van der Waals surface area contributed by atoms with Crippen molar-refractivity contribution >= 4 is 32.8 Å². The van der Waals surface area contributed by atoms with Crippen LogP contribution in [0.4, 0.5) is 5.82 Å². The molecule has 0 N–H and O–H groups in total. The largest absolute Gasteiger partial charge is 0.418 e. The Morgan fingerprint density at radius 2 is 2.00 bits per heavy atom. The Hall–Kier alpha value is -2.85. The van der Waals surface area contributed by atoms with Crippen LogP contribution >= 0.6 is 15.9 Å². The van der Waals surface area contributed by atoms with Crippen molar-refractivity contribution in [2.75, 3.05) is 24.7 Å². The van der Waals surface area contributed by atoms with Crippen LogP contribution in [0, 0.1) is 0 Å². The second-order valence-electron chi connectivity index (χ2n) is 6.41. The monoisotopic (exact) mass is 441 g/mol. The number of benzene rings is 1. The van der Waals surface area contributed by atoms with Crippen molar-refractivity contribution < 1.29 is 9.15 Å². The van der Waals surface area contributed by atoms with Crippen LogP contribution in [0.1, 0.15) is 11.9 Å². The summed E-state index contributed by atoms with van der Waals surface area (Å²) in [6.07, 6.45) is 1.54. The molecule has 1 atom stereocenters. The van der Waals surface area contributed by atoms with E-state index in [4.69, 9.17) is 9.15 Å². The predicted octanol–water partition coefficient (Wildman–Crippen LogP) is 2.75. The normalized spacial score (nSPS) is 17.4. The van der Waals surface area contributed by atoms with Crippen LogP contribution in [0.15, 0.2) is 45.7 Å². The summed E-state index contributed by atoms with van der Waals surface area (Å²) in [6, 6.07) is 9.45. The van der Waals surface area contributed by atoms with Gasteiger partial charge in [0.2, 0.25) is 11.8 Å². The maximum absolute atomic E-state index is 5.99. The topological polar surface area (TPSA) is 95.0 Å². The molecule has 0 spiro atoms. The number of hydrogen-bond donors (Lipinski definition) is 0. The zero-order valence-corrected chi connectivity index (χ0v) is 16.6. The molecule has 4 heterocycles. The predicted molar refractivity (Wildman–Crippen MR) is 105 cm³/mol. The molecule has 1 saturated heterocycles. The first kappa shape index (κ1) is 17.3. The Labute approximate surface area is 168 Å². The highest BCUT2D eigenvalue weighted by atomic mass is 79.9. The smallest absolute Gasteiger partial charge is 0.247 e. The highest BCUT2D eigenvalue weighted by Crippen LogP contribution is 2.35. The van der Waals surface area contributed by atoms with Gasteiger partial charge in [0.1, 0.15) is 22.8 Å². The standard InChI is InChI=1S/C18H16BrN7O2/c1-25-15-13(14(19)24-25)16(21-10-20-15)26-7-8-27-9-12(26)18-23-22-17(28-18)11-5-3-2-4-6-11/h2-6,10,12H,7-9H2,1H3/t12-/m1/s1. The summed E-state index contributed by atoms with van der Waals surface area (Å²) >= 11 is 3.52. The van der Waals surface area contributed by atoms with E-state index in [2.05, 4.69) is 46.1 Å². The quantitative estimate of drug-likeness (QED) is 0.478. The van der Waals surface area contributed by atoms with E-state index >= 15 is 0 Å². The molecule has 1 aliphatic rings. The molecular weight excluding hydrogens is 426 g/mol. The van der Waals surface area contributed by atoms with Gasteiger partial charge in [-0.05, 0) is 28.1 Å². The molecule has 28 heavy (non-hydrogen) atoms. The van der Waals surface area contributed by atoms with E-state index in [1.807, 2.05) is 37.4 Å². The van der Waals surface area contributed by atoms with Crippen molar-refractivity contribution in [3.8, 4) is 11.5 Å². The van der Waals surface area contributed by atoms with Gasteiger partial charge in [0.25, 0.3) is 0 Å². The molecule has 3 aromatic heterocycles. The number of nitrogens with zero attached hydrogens (tertiary/aromatic N) is 7. The summed E-state index contributed by atoms with van der Waals surface area (Å²) in [5.41, 5.74) is 1.63. The number of fused-ring (bicyclic) bond motifs is 1. The lowest BCUT2D eigenvalue weighted by molar-refractivity contribution is 0.0859. The Bertz CT molecular complexity index is 1130. The number of anilines is 1. The first-order valence-electron chi connectivity index (χ1n) is 8.79. The van der Waals surface area contributed by atoms with Crippen LogP contribution in [0.2, 0.25) is 0 Å². The third kappa shape index (κ3) is 2.85. The van der Waals surface area contributed by atoms with Gasteiger partial charge in [-0.25, -0.2) is 14.6 Å². The van der Waals surface area contributed by atoms with Gasteiger partial charge < -0.3 is 14.1 Å². The van der Waals surface area contributed by atoms with Gasteiger partial charge in [-0.2, -0.15) is 5.10 Å². The van der Waals surface area contributed by atoms with Gasteiger partial charge in [-0.3, -0.25) is 0 Å². The maximum Gasteiger partial charge on any atom is 0.247 e. The van der Waals surface area contributed by atoms with Crippen LogP contribution in [-0.2, 0) is 11.8 Å². The molecule has 5 rings (SSSR count). The summed E-state index contributed by atoms with van der Waals surface area (Å²) in [5, 5.41) is 13.8. The number of halogens is 1. The minimum absolute atomic E-state index is 0.246. The van der Waals surface area contributed by atoms with Crippen LogP contribution in [0.25, 0.3) is 22.5 Å². The van der Waals surface area contributed by atoms with Gasteiger partial charge in [0, 0.05) is 19.2 Å². The molecule has 1 aliphatic heterocycles. The third-order valence-electron chi connectivity index (χ3n) is 4.70. The summed E-state index contributed by atoms with van der Waals surface area (Å²) in [4.78, 5) is 11.0. The van der Waals surface area contributed by atoms with Crippen LogP contribution in [-0.4, -0.2) is 49.7 Å². The van der Waals surface area contributed by atoms with Crippen LogP contribution in [0.5, 0.6) is 0 Å². The van der Waals surface area contributed by atoms with Crippen molar-refractivity contribution in [3.05, 3.63) is 47.2 Å². The van der Waals surface area contributed by atoms with E-state index < -0.39 is 0 Å². The molecule has 142 valence electrons. The lowest BCUT2D eigenvalue weighted by Crippen LogP contribution is -2.40. The molecule has 0 bridgehead atoms. The van der Waals surface area contributed by atoms with E-state index in [1.54, 1.807) is 11.0 Å². The zero-order valence-electron chi connectivity index (χ0n) is 15.0. The molecule has 9 nitrogen and oxygen atoms in total. The Morgan fingerprint density at radius 3 is 2.86 bits per heavy atom. The summed E-state index contributed by atoms with van der Waals surface area (Å²) < 4.78 is 14.1. The molecule has 0 amide bonds. The van der Waals surface area contributed by atoms with Crippen molar-refractivity contribution in [1.82, 2.24) is 29.9 Å². The lowest BCUT2D eigenvalue weighted by Gasteiger charge is -2.34. The van der Waals surface area contributed by atoms with E-state index in [1.165, 1.54) is 0 Å². The average molecular weight is 442 g/mol. The first-order valence-corrected chi connectivity index (χ1v) is 9.58. The van der Waals surface area contributed by atoms with Crippen LogP contribution in [0.3, 0.4) is 0 Å². The molecule has 1 aromatic carbocycles. The Morgan fingerprint density at radius 1 is 1.14 bits per heavy atom. The van der Waals surface area contributed by atoms with E-state index in [9.17, 15) is 0 Å². The molecule has 0 aliphatic carbocycles. The molecule has 0 unspecified atom stereocenters. The molecule has 1 fully saturated rings. The third-order valence-corrected chi connectivity index (χ3v) is 5.26.